The number of aromatic nitrogens is 2. The molecule has 0 bridgehead atoms. The Labute approximate surface area is 98.8 Å². The van der Waals surface area contributed by atoms with Crippen LogP contribution in [0.1, 0.15) is 40.5 Å². The Morgan fingerprint density at radius 1 is 1.56 bits per heavy atom. The lowest BCUT2D eigenvalue weighted by molar-refractivity contribution is 0.0953. The summed E-state index contributed by atoms with van der Waals surface area (Å²) in [5, 5.41) is 11.8. The molecule has 0 spiro atoms. The highest BCUT2D eigenvalue weighted by atomic mass is 32.1. The zero-order valence-corrected chi connectivity index (χ0v) is 10.1. The Bertz CT molecular complexity index is 411. The number of aryl methyl sites for hydroxylation is 1. The Hall–Kier alpha value is -1.23. The number of hydrogen-bond donors (Lipinski definition) is 1. The minimum Gasteiger partial charge on any atom is -0.350 e. The summed E-state index contributed by atoms with van der Waals surface area (Å²) in [7, 11) is 0. The van der Waals surface area contributed by atoms with Crippen LogP contribution >= 0.6 is 11.3 Å². The Kier molecular flexibility index (Phi) is 3.66. The van der Waals surface area contributed by atoms with Gasteiger partial charge in [-0.2, -0.15) is 0 Å². The van der Waals surface area contributed by atoms with Crippen LogP contribution in [0.25, 0.3) is 0 Å². The molecule has 1 N–H and O–H groups in total. The third-order valence-corrected chi connectivity index (χ3v) is 3.42. The van der Waals surface area contributed by atoms with E-state index in [2.05, 4.69) is 21.6 Å². The van der Waals surface area contributed by atoms with Crippen LogP contribution in [-0.2, 0) is 0 Å². The summed E-state index contributed by atoms with van der Waals surface area (Å²) < 4.78 is 0. The van der Waals surface area contributed by atoms with Gasteiger partial charge in [-0.3, -0.25) is 4.79 Å². The van der Waals surface area contributed by atoms with Crippen LogP contribution in [0.15, 0.2) is 11.6 Å². The highest BCUT2D eigenvalue weighted by molar-refractivity contribution is 7.13. The van der Waals surface area contributed by atoms with Crippen molar-refractivity contribution in [1.82, 2.24) is 15.5 Å². The molecule has 1 aliphatic rings. The number of hydrogen-bond acceptors (Lipinski definition) is 4. The maximum atomic E-state index is 11.6. The first-order valence-corrected chi connectivity index (χ1v) is 6.33. The maximum Gasteiger partial charge on any atom is 0.282 e. The zero-order chi connectivity index (χ0) is 11.4. The molecule has 2 rings (SSSR count). The van der Waals surface area contributed by atoms with Crippen molar-refractivity contribution in [1.29, 1.82) is 0 Å². The summed E-state index contributed by atoms with van der Waals surface area (Å²) in [5.74, 6) is -0.107. The summed E-state index contributed by atoms with van der Waals surface area (Å²) in [6, 6.07) is 0. The van der Waals surface area contributed by atoms with Gasteiger partial charge in [-0.15, -0.1) is 10.2 Å². The van der Waals surface area contributed by atoms with E-state index < -0.39 is 0 Å². The molecular formula is C11H15N3OS. The van der Waals surface area contributed by atoms with Crippen molar-refractivity contribution in [3.63, 3.8) is 0 Å². The van der Waals surface area contributed by atoms with Crippen LogP contribution in [0.3, 0.4) is 0 Å². The number of carbonyl (C=O) groups is 1. The number of nitrogens with zero attached hydrogens (tertiary/aromatic N) is 2. The van der Waals surface area contributed by atoms with Crippen molar-refractivity contribution in [2.45, 2.75) is 32.6 Å². The van der Waals surface area contributed by atoms with Crippen molar-refractivity contribution >= 4 is 17.2 Å². The van der Waals surface area contributed by atoms with E-state index in [0.717, 1.165) is 11.4 Å². The fourth-order valence-corrected chi connectivity index (χ4v) is 2.37. The van der Waals surface area contributed by atoms with Crippen molar-refractivity contribution in [2.24, 2.45) is 0 Å². The first-order chi connectivity index (χ1) is 7.75. The molecule has 0 aromatic carbocycles. The summed E-state index contributed by atoms with van der Waals surface area (Å²) in [5.41, 5.74) is 1.47. The number of allylic oxidation sites excluding steroid dienone is 1. The van der Waals surface area contributed by atoms with E-state index in [-0.39, 0.29) is 5.91 Å². The smallest absolute Gasteiger partial charge is 0.282 e. The average molecular weight is 237 g/mol. The van der Waals surface area contributed by atoms with E-state index in [1.54, 1.807) is 0 Å². The monoisotopic (exact) mass is 237 g/mol. The molecule has 5 heteroatoms. The minimum absolute atomic E-state index is 0.107. The molecule has 1 aliphatic carbocycles. The molecule has 86 valence electrons. The second-order valence-corrected chi connectivity index (χ2v) is 5.07. The molecular weight excluding hydrogens is 222 g/mol. The highest BCUT2D eigenvalue weighted by Gasteiger charge is 2.11. The van der Waals surface area contributed by atoms with E-state index in [1.807, 2.05) is 6.92 Å². The first-order valence-electron chi connectivity index (χ1n) is 5.52. The van der Waals surface area contributed by atoms with Crippen LogP contribution in [0.2, 0.25) is 0 Å². The Morgan fingerprint density at radius 3 is 3.06 bits per heavy atom. The van der Waals surface area contributed by atoms with Crippen molar-refractivity contribution in [3.05, 3.63) is 21.7 Å². The second kappa shape index (κ2) is 5.21. The van der Waals surface area contributed by atoms with Gasteiger partial charge in [0.15, 0.2) is 0 Å². The molecule has 0 atom stereocenters. The standard InChI is InChI=1S/C11H15N3OS/c1-8-13-14-11(16-8)10(15)12-7-6-9-4-2-3-5-9/h4H,2-3,5-7H2,1H3,(H,12,15). The average Bonchev–Trinajstić information content (AvgIpc) is 2.89. The summed E-state index contributed by atoms with van der Waals surface area (Å²) in [4.78, 5) is 11.6. The molecule has 16 heavy (non-hydrogen) atoms. The topological polar surface area (TPSA) is 54.9 Å². The number of rotatable bonds is 4. The van der Waals surface area contributed by atoms with Gasteiger partial charge < -0.3 is 5.32 Å². The fraction of sp³-hybridized carbons (Fsp3) is 0.545. The van der Waals surface area contributed by atoms with E-state index in [4.69, 9.17) is 0 Å². The zero-order valence-electron chi connectivity index (χ0n) is 9.32. The third-order valence-electron chi connectivity index (χ3n) is 2.59. The number of amides is 1. The molecule has 0 saturated carbocycles. The van der Waals surface area contributed by atoms with Crippen molar-refractivity contribution < 1.29 is 4.79 Å². The van der Waals surface area contributed by atoms with Gasteiger partial charge in [-0.05, 0) is 32.6 Å². The summed E-state index contributed by atoms with van der Waals surface area (Å²) in [6.07, 6.45) is 6.89. The molecule has 1 aromatic rings. The van der Waals surface area contributed by atoms with Crippen LogP contribution in [0.5, 0.6) is 0 Å². The molecule has 0 radical (unpaired) electrons. The van der Waals surface area contributed by atoms with Gasteiger partial charge in [-0.25, -0.2) is 0 Å². The molecule has 1 amide bonds. The number of nitrogens with one attached hydrogen (secondary N) is 1. The van der Waals surface area contributed by atoms with Gasteiger partial charge in [-0.1, -0.05) is 23.0 Å². The van der Waals surface area contributed by atoms with Crippen LogP contribution in [-0.4, -0.2) is 22.6 Å². The number of carbonyl (C=O) groups excluding carboxylic acids is 1. The van der Waals surface area contributed by atoms with E-state index in [9.17, 15) is 4.79 Å². The molecule has 0 unspecified atom stereocenters. The first kappa shape index (κ1) is 11.3. The Balaban J connectivity index is 1.75. The van der Waals surface area contributed by atoms with Gasteiger partial charge in [0, 0.05) is 6.54 Å². The highest BCUT2D eigenvalue weighted by Crippen LogP contribution is 2.19. The lowest BCUT2D eigenvalue weighted by Crippen LogP contribution is -2.24. The van der Waals surface area contributed by atoms with E-state index in [1.165, 1.54) is 36.2 Å². The maximum absolute atomic E-state index is 11.6. The molecule has 0 aliphatic heterocycles. The van der Waals surface area contributed by atoms with Gasteiger partial charge in [0.2, 0.25) is 5.01 Å². The quantitative estimate of drug-likeness (QED) is 0.816. The fourth-order valence-electron chi connectivity index (χ4n) is 1.76. The van der Waals surface area contributed by atoms with Gasteiger partial charge in [0.05, 0.1) is 0 Å². The largest absolute Gasteiger partial charge is 0.350 e. The molecule has 1 aromatic heterocycles. The summed E-state index contributed by atoms with van der Waals surface area (Å²) >= 11 is 1.33. The van der Waals surface area contributed by atoms with Crippen molar-refractivity contribution in [3.8, 4) is 0 Å². The van der Waals surface area contributed by atoms with E-state index in [0.29, 0.717) is 11.6 Å². The normalized spacial score (nSPS) is 14.9. The van der Waals surface area contributed by atoms with Crippen LogP contribution in [0.4, 0.5) is 0 Å². The lowest BCUT2D eigenvalue weighted by Gasteiger charge is -2.03. The van der Waals surface area contributed by atoms with Crippen molar-refractivity contribution in [2.75, 3.05) is 6.54 Å². The summed E-state index contributed by atoms with van der Waals surface area (Å²) in [6.45, 7) is 2.54. The predicted octanol–water partition coefficient (Wildman–Crippen LogP) is 2.08. The second-order valence-electron chi connectivity index (χ2n) is 3.89. The Morgan fingerprint density at radius 2 is 2.44 bits per heavy atom. The SMILES string of the molecule is Cc1nnc(C(=O)NCCC2=CCCC2)s1. The van der Waals surface area contributed by atoms with Crippen LogP contribution < -0.4 is 5.32 Å². The van der Waals surface area contributed by atoms with Gasteiger partial charge in [0.25, 0.3) is 5.91 Å². The van der Waals surface area contributed by atoms with E-state index >= 15 is 0 Å². The lowest BCUT2D eigenvalue weighted by atomic mass is 10.2. The van der Waals surface area contributed by atoms with Crippen LogP contribution in [0, 0.1) is 6.92 Å². The molecule has 4 nitrogen and oxygen atoms in total. The third kappa shape index (κ3) is 2.88. The van der Waals surface area contributed by atoms with Gasteiger partial charge >= 0.3 is 0 Å². The predicted molar refractivity (Wildman–Crippen MR) is 63.5 cm³/mol. The molecule has 1 heterocycles. The van der Waals surface area contributed by atoms with Gasteiger partial charge in [0.1, 0.15) is 5.01 Å². The minimum atomic E-state index is -0.107. The molecule has 0 saturated heterocycles. The molecule has 0 fully saturated rings.